The van der Waals surface area contributed by atoms with E-state index in [1.54, 1.807) is 54.7 Å². The number of nitrogens with zero attached hydrogens (tertiary/aromatic N) is 4. The second-order valence-electron chi connectivity index (χ2n) is 12.5. The Hall–Kier alpha value is -3.67. The van der Waals surface area contributed by atoms with Crippen molar-refractivity contribution >= 4 is 34.9 Å². The van der Waals surface area contributed by atoms with Crippen LogP contribution < -0.4 is 11.0 Å². The van der Waals surface area contributed by atoms with Crippen LogP contribution in [0.25, 0.3) is 11.0 Å². The number of amides is 3. The standard InChI is InChI=1S/C28H39N5O7/c1-27(2,3)39-24(36)21-16-31(12-13-32(21)26(38)40-28(4,5)6)15-17-8-9-18-20(14-17)30(7)25(37)33(18)19-10-11-22(34)29-23(19)35/h8-9,14,19,21H,10-13,15-16H2,1-7H3,(H,29,34,35). The summed E-state index contributed by atoms with van der Waals surface area (Å²) < 4.78 is 14.1. The van der Waals surface area contributed by atoms with Crippen molar-refractivity contribution in [3.05, 3.63) is 34.2 Å². The van der Waals surface area contributed by atoms with E-state index >= 15 is 0 Å². The van der Waals surface area contributed by atoms with Crippen LogP contribution >= 0.6 is 0 Å². The minimum atomic E-state index is -0.843. The number of benzene rings is 1. The zero-order chi connectivity index (χ0) is 29.6. The SMILES string of the molecule is Cn1c(=O)n(C2CCC(=O)NC2=O)c2ccc(CN3CCN(C(=O)OC(C)(C)C)C(C(=O)OC(C)(C)C)C3)cc21. The molecule has 1 aromatic carbocycles. The monoisotopic (exact) mass is 557 g/mol. The van der Waals surface area contributed by atoms with Gasteiger partial charge >= 0.3 is 17.8 Å². The van der Waals surface area contributed by atoms with Crippen LogP contribution in [0.15, 0.2) is 23.0 Å². The molecule has 12 heteroatoms. The largest absolute Gasteiger partial charge is 0.458 e. The first-order chi connectivity index (χ1) is 18.5. The number of aryl methyl sites for hydroxylation is 1. The number of carbonyl (C=O) groups excluding carboxylic acids is 4. The van der Waals surface area contributed by atoms with Crippen LogP contribution in [-0.4, -0.2) is 79.7 Å². The molecule has 2 saturated heterocycles. The molecule has 0 radical (unpaired) electrons. The Morgan fingerprint density at radius 2 is 1.65 bits per heavy atom. The lowest BCUT2D eigenvalue weighted by Crippen LogP contribution is -2.59. The molecule has 3 heterocycles. The Kier molecular flexibility index (Phi) is 7.85. The lowest BCUT2D eigenvalue weighted by molar-refractivity contribution is -0.163. The smallest absolute Gasteiger partial charge is 0.411 e. The van der Waals surface area contributed by atoms with E-state index in [9.17, 15) is 24.0 Å². The third-order valence-corrected chi connectivity index (χ3v) is 6.85. The highest BCUT2D eigenvalue weighted by Crippen LogP contribution is 2.25. The first-order valence-corrected chi connectivity index (χ1v) is 13.5. The van der Waals surface area contributed by atoms with E-state index in [2.05, 4.69) is 10.2 Å². The van der Waals surface area contributed by atoms with Crippen molar-refractivity contribution in [2.45, 2.75) is 84.2 Å². The van der Waals surface area contributed by atoms with Gasteiger partial charge in [-0.3, -0.25) is 33.8 Å². The van der Waals surface area contributed by atoms with Crippen molar-refractivity contribution < 1.29 is 28.7 Å². The van der Waals surface area contributed by atoms with Gasteiger partial charge in [0.05, 0.1) is 11.0 Å². The van der Waals surface area contributed by atoms with Crippen molar-refractivity contribution in [3.63, 3.8) is 0 Å². The number of ether oxygens (including phenoxy) is 2. The number of fused-ring (bicyclic) bond motifs is 1. The van der Waals surface area contributed by atoms with E-state index in [1.807, 2.05) is 12.1 Å². The molecule has 2 aliphatic heterocycles. The second-order valence-corrected chi connectivity index (χ2v) is 12.5. The van der Waals surface area contributed by atoms with Crippen LogP contribution in [0, 0.1) is 0 Å². The predicted molar refractivity (Wildman–Crippen MR) is 146 cm³/mol. The average molecular weight is 558 g/mol. The summed E-state index contributed by atoms with van der Waals surface area (Å²) in [6.07, 6.45) is -0.126. The average Bonchev–Trinajstić information content (AvgIpc) is 3.06. The first kappa shape index (κ1) is 29.3. The molecule has 0 aliphatic carbocycles. The second kappa shape index (κ2) is 10.7. The van der Waals surface area contributed by atoms with Crippen molar-refractivity contribution in [2.24, 2.45) is 7.05 Å². The van der Waals surface area contributed by atoms with Gasteiger partial charge in [-0.2, -0.15) is 0 Å². The Bertz CT molecular complexity index is 1390. The molecule has 218 valence electrons. The van der Waals surface area contributed by atoms with E-state index in [4.69, 9.17) is 9.47 Å². The van der Waals surface area contributed by atoms with E-state index < -0.39 is 41.3 Å². The van der Waals surface area contributed by atoms with E-state index in [1.165, 1.54) is 14.0 Å². The van der Waals surface area contributed by atoms with E-state index in [0.29, 0.717) is 24.1 Å². The molecule has 1 N–H and O–H groups in total. The van der Waals surface area contributed by atoms with Gasteiger partial charge < -0.3 is 9.47 Å². The highest BCUT2D eigenvalue weighted by Gasteiger charge is 2.40. The van der Waals surface area contributed by atoms with E-state index in [0.717, 1.165) is 5.56 Å². The lowest BCUT2D eigenvalue weighted by atomic mass is 10.1. The molecule has 4 rings (SSSR count). The Balaban J connectivity index is 1.57. The number of hydrogen-bond acceptors (Lipinski definition) is 8. The zero-order valence-electron chi connectivity index (χ0n) is 24.3. The Labute approximate surface area is 233 Å². The normalized spacial score (nSPS) is 20.9. The predicted octanol–water partition coefficient (Wildman–Crippen LogP) is 2.08. The van der Waals surface area contributed by atoms with Gasteiger partial charge in [0, 0.05) is 39.6 Å². The van der Waals surface area contributed by atoms with Gasteiger partial charge in [-0.1, -0.05) is 6.07 Å². The lowest BCUT2D eigenvalue weighted by Gasteiger charge is -2.41. The molecule has 1 aromatic heterocycles. The van der Waals surface area contributed by atoms with Gasteiger partial charge in [0.25, 0.3) is 0 Å². The fourth-order valence-corrected chi connectivity index (χ4v) is 5.09. The van der Waals surface area contributed by atoms with Crippen LogP contribution in [0.2, 0.25) is 0 Å². The van der Waals surface area contributed by atoms with Gasteiger partial charge in [0.1, 0.15) is 23.3 Å². The third kappa shape index (κ3) is 6.38. The number of rotatable bonds is 4. The van der Waals surface area contributed by atoms with E-state index in [-0.39, 0.29) is 37.5 Å². The molecule has 2 unspecified atom stereocenters. The maximum atomic E-state index is 13.2. The molecular weight excluding hydrogens is 518 g/mol. The molecule has 2 atom stereocenters. The van der Waals surface area contributed by atoms with Crippen molar-refractivity contribution in [3.8, 4) is 0 Å². The molecule has 12 nitrogen and oxygen atoms in total. The molecule has 3 amide bonds. The maximum Gasteiger partial charge on any atom is 0.411 e. The van der Waals surface area contributed by atoms with Crippen molar-refractivity contribution in [2.75, 3.05) is 19.6 Å². The van der Waals surface area contributed by atoms with Crippen LogP contribution in [0.4, 0.5) is 4.79 Å². The number of nitrogens with one attached hydrogen (secondary N) is 1. The fraction of sp³-hybridized carbons (Fsp3) is 0.607. The number of piperidine rings is 1. The van der Waals surface area contributed by atoms with Gasteiger partial charge in [0.15, 0.2) is 0 Å². The number of carbonyl (C=O) groups is 4. The number of esters is 1. The highest BCUT2D eigenvalue weighted by atomic mass is 16.6. The van der Waals surface area contributed by atoms with Gasteiger partial charge in [-0.05, 0) is 65.7 Å². The minimum Gasteiger partial charge on any atom is -0.458 e. The maximum absolute atomic E-state index is 13.2. The molecule has 0 saturated carbocycles. The highest BCUT2D eigenvalue weighted by molar-refractivity contribution is 6.00. The summed E-state index contributed by atoms with van der Waals surface area (Å²) in [5.41, 5.74) is 0.400. The number of hydrogen-bond donors (Lipinski definition) is 1. The summed E-state index contributed by atoms with van der Waals surface area (Å²) in [6.45, 7) is 12.2. The summed E-state index contributed by atoms with van der Waals surface area (Å²) in [7, 11) is 1.65. The van der Waals surface area contributed by atoms with Gasteiger partial charge in [-0.15, -0.1) is 0 Å². The summed E-state index contributed by atoms with van der Waals surface area (Å²) in [4.78, 5) is 66.8. The molecule has 2 aliphatic rings. The Morgan fingerprint density at radius 3 is 2.27 bits per heavy atom. The van der Waals surface area contributed by atoms with Crippen molar-refractivity contribution in [1.29, 1.82) is 0 Å². The number of piperazine rings is 1. The topological polar surface area (TPSA) is 132 Å². The number of imide groups is 1. The summed E-state index contributed by atoms with van der Waals surface area (Å²) in [5.74, 6) is -1.32. The molecular formula is C28H39N5O7. The number of aromatic nitrogens is 2. The van der Waals surface area contributed by atoms with Gasteiger partial charge in [-0.25, -0.2) is 14.4 Å². The fourth-order valence-electron chi connectivity index (χ4n) is 5.09. The quantitative estimate of drug-likeness (QED) is 0.447. The zero-order valence-corrected chi connectivity index (χ0v) is 24.3. The summed E-state index contributed by atoms with van der Waals surface area (Å²) in [5, 5.41) is 2.32. The van der Waals surface area contributed by atoms with Crippen LogP contribution in [0.1, 0.15) is 66.0 Å². The molecule has 2 aromatic rings. The molecule has 0 spiro atoms. The van der Waals surface area contributed by atoms with Crippen LogP contribution in [0.3, 0.4) is 0 Å². The van der Waals surface area contributed by atoms with Crippen molar-refractivity contribution in [1.82, 2.24) is 24.3 Å². The number of imidazole rings is 1. The first-order valence-electron chi connectivity index (χ1n) is 13.5. The third-order valence-electron chi connectivity index (χ3n) is 6.85. The Morgan fingerprint density at radius 1 is 0.975 bits per heavy atom. The van der Waals surface area contributed by atoms with Crippen LogP contribution in [-0.2, 0) is 37.4 Å². The molecule has 0 bridgehead atoms. The molecule has 2 fully saturated rings. The summed E-state index contributed by atoms with van der Waals surface area (Å²) in [6, 6.07) is 3.98. The summed E-state index contributed by atoms with van der Waals surface area (Å²) >= 11 is 0. The molecule has 40 heavy (non-hydrogen) atoms. The van der Waals surface area contributed by atoms with Crippen LogP contribution in [0.5, 0.6) is 0 Å². The minimum absolute atomic E-state index is 0.172. The van der Waals surface area contributed by atoms with Gasteiger partial charge in [0.2, 0.25) is 11.8 Å².